The summed E-state index contributed by atoms with van der Waals surface area (Å²) in [6.07, 6.45) is -9.20. The molecule has 0 aliphatic heterocycles. The average molecular weight is 335 g/mol. The average Bonchev–Trinajstić information content (AvgIpc) is 2.44. The molecule has 2 rings (SSSR count). The second-order valence-electron chi connectivity index (χ2n) is 4.28. The van der Waals surface area contributed by atoms with Crippen LogP contribution in [0.5, 0.6) is 5.75 Å². The van der Waals surface area contributed by atoms with Gasteiger partial charge in [-0.05, 0) is 12.1 Å². The Kier molecular flexibility index (Phi) is 4.31. The van der Waals surface area contributed by atoms with Crippen LogP contribution in [0.15, 0.2) is 36.5 Å². The number of carbonyl (C=O) groups is 1. The van der Waals surface area contributed by atoms with E-state index in [-0.39, 0.29) is 6.29 Å². The SMILES string of the molecule is O=Cc1ccnc(C(F)(F)F)c1-c1ccccc1OC(F)(F)F. The predicted octanol–water partition coefficient (Wildman–Crippen LogP) is 4.48. The Hall–Kier alpha value is -2.58. The van der Waals surface area contributed by atoms with Gasteiger partial charge in [0.05, 0.1) is 0 Å². The van der Waals surface area contributed by atoms with Gasteiger partial charge in [0.2, 0.25) is 0 Å². The number of alkyl halides is 6. The molecule has 23 heavy (non-hydrogen) atoms. The summed E-state index contributed by atoms with van der Waals surface area (Å²) in [5.74, 6) is -0.860. The minimum atomic E-state index is -5.10. The van der Waals surface area contributed by atoms with E-state index in [0.29, 0.717) is 0 Å². The zero-order valence-electron chi connectivity index (χ0n) is 11.1. The summed E-state index contributed by atoms with van der Waals surface area (Å²) in [5, 5.41) is 0. The van der Waals surface area contributed by atoms with Crippen LogP contribution in [0.25, 0.3) is 11.1 Å². The van der Waals surface area contributed by atoms with E-state index < -0.39 is 40.7 Å². The quantitative estimate of drug-likeness (QED) is 0.613. The second-order valence-corrected chi connectivity index (χ2v) is 4.28. The number of rotatable bonds is 3. The first-order valence-corrected chi connectivity index (χ1v) is 6.00. The molecule has 1 aromatic heterocycles. The molecule has 0 atom stereocenters. The number of para-hydroxylation sites is 1. The fourth-order valence-electron chi connectivity index (χ4n) is 1.96. The Balaban J connectivity index is 2.74. The highest BCUT2D eigenvalue weighted by molar-refractivity contribution is 5.90. The number of nitrogens with zero attached hydrogens (tertiary/aromatic N) is 1. The molecule has 3 nitrogen and oxygen atoms in total. The van der Waals surface area contributed by atoms with Gasteiger partial charge >= 0.3 is 12.5 Å². The predicted molar refractivity (Wildman–Crippen MR) is 66.7 cm³/mol. The first kappa shape index (κ1) is 16.8. The lowest BCUT2D eigenvalue weighted by molar-refractivity contribution is -0.274. The van der Waals surface area contributed by atoms with Crippen LogP contribution < -0.4 is 4.74 Å². The summed E-state index contributed by atoms with van der Waals surface area (Å²) in [6, 6.07) is 5.20. The van der Waals surface area contributed by atoms with Crippen molar-refractivity contribution in [3.63, 3.8) is 0 Å². The van der Waals surface area contributed by atoms with Gasteiger partial charge < -0.3 is 4.74 Å². The van der Waals surface area contributed by atoms with E-state index in [1.54, 1.807) is 0 Å². The fraction of sp³-hybridized carbons (Fsp3) is 0.143. The molecule has 0 aliphatic rings. The highest BCUT2D eigenvalue weighted by Gasteiger charge is 2.38. The van der Waals surface area contributed by atoms with Crippen LogP contribution in [0.3, 0.4) is 0 Å². The van der Waals surface area contributed by atoms with Gasteiger partial charge in [-0.3, -0.25) is 9.78 Å². The molecule has 1 heterocycles. The molecule has 0 fully saturated rings. The largest absolute Gasteiger partial charge is 0.573 e. The summed E-state index contributed by atoms with van der Waals surface area (Å²) in [7, 11) is 0. The molecule has 0 bridgehead atoms. The first-order valence-electron chi connectivity index (χ1n) is 6.00. The van der Waals surface area contributed by atoms with Crippen LogP contribution in [0, 0.1) is 0 Å². The molecule has 0 saturated heterocycles. The van der Waals surface area contributed by atoms with Gasteiger partial charge in [-0.25, -0.2) is 0 Å². The standard InChI is InChI=1S/C14H7F6NO2/c15-13(16,17)12-11(8(7-22)5-6-21-12)9-3-1-2-4-10(9)23-14(18,19)20/h1-7H. The van der Waals surface area contributed by atoms with Crippen LogP contribution in [0.4, 0.5) is 26.3 Å². The molecule has 0 radical (unpaired) electrons. The van der Waals surface area contributed by atoms with Crippen molar-refractivity contribution in [3.05, 3.63) is 47.8 Å². The van der Waals surface area contributed by atoms with Crippen LogP contribution in [0.1, 0.15) is 16.1 Å². The lowest BCUT2D eigenvalue weighted by Gasteiger charge is -2.17. The first-order chi connectivity index (χ1) is 10.6. The number of aromatic nitrogens is 1. The van der Waals surface area contributed by atoms with E-state index in [4.69, 9.17) is 0 Å². The van der Waals surface area contributed by atoms with Crippen LogP contribution >= 0.6 is 0 Å². The summed E-state index contributed by atoms with van der Waals surface area (Å²) in [5.41, 5.74) is -3.23. The van der Waals surface area contributed by atoms with Crippen molar-refractivity contribution in [2.24, 2.45) is 0 Å². The van der Waals surface area contributed by atoms with Crippen LogP contribution in [-0.2, 0) is 6.18 Å². The summed E-state index contributed by atoms with van der Waals surface area (Å²) < 4.78 is 80.3. The zero-order valence-corrected chi connectivity index (χ0v) is 11.1. The minimum absolute atomic E-state index is 0.108. The van der Waals surface area contributed by atoms with Crippen molar-refractivity contribution in [2.75, 3.05) is 0 Å². The zero-order chi connectivity index (χ0) is 17.3. The third kappa shape index (κ3) is 3.79. The van der Waals surface area contributed by atoms with Gasteiger partial charge in [0.15, 0.2) is 12.0 Å². The van der Waals surface area contributed by atoms with E-state index in [9.17, 15) is 31.1 Å². The normalized spacial score (nSPS) is 12.1. The molecule has 0 aliphatic carbocycles. The Bertz CT molecular complexity index is 724. The Morgan fingerprint density at radius 1 is 1.00 bits per heavy atom. The van der Waals surface area contributed by atoms with Crippen molar-refractivity contribution < 1.29 is 35.9 Å². The Morgan fingerprint density at radius 3 is 2.22 bits per heavy atom. The lowest BCUT2D eigenvalue weighted by Crippen LogP contribution is -2.18. The van der Waals surface area contributed by atoms with Crippen molar-refractivity contribution in [1.29, 1.82) is 0 Å². The van der Waals surface area contributed by atoms with E-state index in [2.05, 4.69) is 9.72 Å². The maximum Gasteiger partial charge on any atom is 0.573 e. The third-order valence-electron chi connectivity index (χ3n) is 2.76. The lowest BCUT2D eigenvalue weighted by atomic mass is 9.97. The Labute approximate surface area is 125 Å². The molecule has 122 valence electrons. The van der Waals surface area contributed by atoms with Crippen molar-refractivity contribution >= 4 is 6.29 Å². The monoisotopic (exact) mass is 335 g/mol. The molecule has 9 heteroatoms. The van der Waals surface area contributed by atoms with E-state index in [1.807, 2.05) is 0 Å². The third-order valence-corrected chi connectivity index (χ3v) is 2.76. The number of pyridine rings is 1. The molecule has 0 unspecified atom stereocenters. The van der Waals surface area contributed by atoms with Gasteiger partial charge in [-0.2, -0.15) is 13.2 Å². The number of aldehydes is 1. The maximum atomic E-state index is 13.1. The van der Waals surface area contributed by atoms with Gasteiger partial charge in [-0.1, -0.05) is 18.2 Å². The molecule has 0 spiro atoms. The topological polar surface area (TPSA) is 39.2 Å². The van der Waals surface area contributed by atoms with Crippen LogP contribution in [-0.4, -0.2) is 17.6 Å². The molecule has 1 aromatic carbocycles. The Morgan fingerprint density at radius 2 is 1.65 bits per heavy atom. The van der Waals surface area contributed by atoms with E-state index in [1.165, 1.54) is 6.07 Å². The van der Waals surface area contributed by atoms with Crippen molar-refractivity contribution in [3.8, 4) is 16.9 Å². The number of benzene rings is 1. The number of ether oxygens (including phenoxy) is 1. The summed E-state index contributed by atoms with van der Waals surface area (Å²) >= 11 is 0. The number of halogens is 6. The minimum Gasteiger partial charge on any atom is -0.405 e. The number of carbonyl (C=O) groups excluding carboxylic acids is 1. The van der Waals surface area contributed by atoms with Gasteiger partial charge in [0.25, 0.3) is 0 Å². The van der Waals surface area contributed by atoms with E-state index in [0.717, 1.165) is 30.5 Å². The molecule has 2 aromatic rings. The molecule has 0 amide bonds. The highest BCUT2D eigenvalue weighted by atomic mass is 19.4. The number of hydrogen-bond acceptors (Lipinski definition) is 3. The number of hydrogen-bond donors (Lipinski definition) is 0. The highest BCUT2D eigenvalue weighted by Crippen LogP contribution is 2.41. The van der Waals surface area contributed by atoms with Gasteiger partial charge in [0.1, 0.15) is 5.75 Å². The van der Waals surface area contributed by atoms with Gasteiger partial charge in [0, 0.05) is 22.9 Å². The molecule has 0 N–H and O–H groups in total. The summed E-state index contributed by atoms with van der Waals surface area (Å²) in [4.78, 5) is 14.2. The van der Waals surface area contributed by atoms with Crippen molar-refractivity contribution in [2.45, 2.75) is 12.5 Å². The molecular formula is C14H7F6NO2. The molecule has 0 saturated carbocycles. The van der Waals surface area contributed by atoms with Gasteiger partial charge in [-0.15, -0.1) is 13.2 Å². The fourth-order valence-corrected chi connectivity index (χ4v) is 1.96. The van der Waals surface area contributed by atoms with E-state index >= 15 is 0 Å². The summed E-state index contributed by atoms with van der Waals surface area (Å²) in [6.45, 7) is 0. The maximum absolute atomic E-state index is 13.1. The second kappa shape index (κ2) is 5.90. The molecular weight excluding hydrogens is 328 g/mol. The smallest absolute Gasteiger partial charge is 0.405 e. The van der Waals surface area contributed by atoms with Crippen molar-refractivity contribution in [1.82, 2.24) is 4.98 Å². The van der Waals surface area contributed by atoms with Crippen LogP contribution in [0.2, 0.25) is 0 Å².